The van der Waals surface area contributed by atoms with E-state index in [2.05, 4.69) is 63.7 Å². The molecule has 28 heavy (non-hydrogen) atoms. The molecule has 1 aliphatic rings. The highest BCUT2D eigenvalue weighted by Gasteiger charge is 2.16. The van der Waals surface area contributed by atoms with E-state index in [1.54, 1.807) is 4.52 Å². The van der Waals surface area contributed by atoms with Crippen LogP contribution in [0.15, 0.2) is 54.9 Å². The third-order valence-electron chi connectivity index (χ3n) is 4.78. The summed E-state index contributed by atoms with van der Waals surface area (Å²) in [5.41, 5.74) is 1.80. The van der Waals surface area contributed by atoms with Crippen molar-refractivity contribution in [3.8, 4) is 5.75 Å². The van der Waals surface area contributed by atoms with Gasteiger partial charge in [0.25, 0.3) is 5.78 Å². The molecule has 2 aromatic heterocycles. The summed E-state index contributed by atoms with van der Waals surface area (Å²) in [6.45, 7) is 4.60. The second kappa shape index (κ2) is 8.02. The Kier molecular flexibility index (Phi) is 5.30. The van der Waals surface area contributed by atoms with Gasteiger partial charge in [0.2, 0.25) is 0 Å². The summed E-state index contributed by atoms with van der Waals surface area (Å²) in [7, 11) is 0. The van der Waals surface area contributed by atoms with E-state index in [0.717, 1.165) is 17.7 Å². The largest absolute Gasteiger partial charge is 0.493 e. The first-order valence-electron chi connectivity index (χ1n) is 9.30. The first kappa shape index (κ1) is 18.5. The number of hydrogen-bond acceptors (Lipinski definition) is 5. The first-order valence-corrected chi connectivity index (χ1v) is 9.68. The molecule has 0 bridgehead atoms. The molecule has 0 saturated carbocycles. The van der Waals surface area contributed by atoms with Crippen LogP contribution in [-0.4, -0.2) is 26.2 Å². The lowest BCUT2D eigenvalue weighted by Gasteiger charge is -2.19. The summed E-state index contributed by atoms with van der Waals surface area (Å²) in [6.07, 6.45) is 11.0. The van der Waals surface area contributed by atoms with Crippen LogP contribution in [0.3, 0.4) is 0 Å². The van der Waals surface area contributed by atoms with Crippen LogP contribution in [0.5, 0.6) is 5.75 Å². The molecule has 144 valence electrons. The number of aryl methyl sites for hydroxylation is 1. The number of nitrogens with one attached hydrogen (secondary N) is 1. The minimum Gasteiger partial charge on any atom is -0.493 e. The summed E-state index contributed by atoms with van der Waals surface area (Å²) < 4.78 is 7.63. The van der Waals surface area contributed by atoms with Crippen molar-refractivity contribution in [2.24, 2.45) is 5.92 Å². The van der Waals surface area contributed by atoms with Crippen molar-refractivity contribution in [3.05, 3.63) is 71.2 Å². The normalized spacial score (nSPS) is 17.0. The Morgan fingerprint density at radius 2 is 2.25 bits per heavy atom. The molecule has 2 heterocycles. The Morgan fingerprint density at radius 1 is 1.36 bits per heavy atom. The van der Waals surface area contributed by atoms with Gasteiger partial charge in [0, 0.05) is 5.92 Å². The molecule has 1 aliphatic carbocycles. The minimum absolute atomic E-state index is 0.00670. The average Bonchev–Trinajstić information content (AvgIpc) is 3.18. The molecule has 1 unspecified atom stereocenters. The van der Waals surface area contributed by atoms with Crippen molar-refractivity contribution in [1.82, 2.24) is 19.6 Å². The molecule has 1 N–H and O–H groups in total. The van der Waals surface area contributed by atoms with E-state index in [1.807, 2.05) is 19.1 Å². The van der Waals surface area contributed by atoms with Crippen molar-refractivity contribution in [2.75, 3.05) is 11.9 Å². The highest BCUT2D eigenvalue weighted by molar-refractivity contribution is 6.33. The van der Waals surface area contributed by atoms with Crippen LogP contribution in [-0.2, 0) is 0 Å². The summed E-state index contributed by atoms with van der Waals surface area (Å²) in [4.78, 5) is 8.50. The van der Waals surface area contributed by atoms with Gasteiger partial charge in [-0.05, 0) is 38.0 Å². The fourth-order valence-corrected chi connectivity index (χ4v) is 3.35. The van der Waals surface area contributed by atoms with Crippen LogP contribution in [0.2, 0.25) is 5.02 Å². The molecule has 0 saturated heterocycles. The number of halogens is 1. The van der Waals surface area contributed by atoms with E-state index in [-0.39, 0.29) is 6.04 Å². The summed E-state index contributed by atoms with van der Waals surface area (Å²) in [5.74, 6) is 2.48. The van der Waals surface area contributed by atoms with E-state index in [9.17, 15) is 0 Å². The van der Waals surface area contributed by atoms with Crippen LogP contribution < -0.4 is 10.1 Å². The zero-order valence-electron chi connectivity index (χ0n) is 15.8. The standard InChI is InChI=1S/C21H22ClN5O/c1-14(25-20-19(22)15(2)26-21-23-13-24-27(20)21)17-9-6-10-18(11-17)28-12-16-7-4-3-5-8-16/h3-7,9-11,13-14,16,25H,8,12H2,1-2H3/t14-,16?/m0/s1. The molecule has 0 radical (unpaired) electrons. The van der Waals surface area contributed by atoms with E-state index >= 15 is 0 Å². The molecule has 6 nitrogen and oxygen atoms in total. The van der Waals surface area contributed by atoms with Gasteiger partial charge in [0.15, 0.2) is 5.82 Å². The number of allylic oxidation sites excluding steroid dienone is 3. The Labute approximate surface area is 168 Å². The number of benzene rings is 1. The van der Waals surface area contributed by atoms with E-state index in [0.29, 0.717) is 34.8 Å². The fourth-order valence-electron chi connectivity index (χ4n) is 3.18. The zero-order valence-corrected chi connectivity index (χ0v) is 16.6. The maximum atomic E-state index is 6.48. The molecule has 0 fully saturated rings. The van der Waals surface area contributed by atoms with Gasteiger partial charge in [-0.25, -0.2) is 4.98 Å². The molecule has 4 rings (SSSR count). The van der Waals surface area contributed by atoms with E-state index in [1.165, 1.54) is 6.33 Å². The number of anilines is 1. The van der Waals surface area contributed by atoms with Gasteiger partial charge in [-0.1, -0.05) is 48.0 Å². The number of hydrogen-bond donors (Lipinski definition) is 1. The van der Waals surface area contributed by atoms with Crippen LogP contribution in [0.25, 0.3) is 5.78 Å². The first-order chi connectivity index (χ1) is 13.6. The number of rotatable bonds is 6. The molecule has 0 spiro atoms. The molecule has 2 atom stereocenters. The van der Waals surface area contributed by atoms with Gasteiger partial charge in [-0.2, -0.15) is 14.6 Å². The monoisotopic (exact) mass is 395 g/mol. The number of fused-ring (bicyclic) bond motifs is 1. The number of ether oxygens (including phenoxy) is 1. The van der Waals surface area contributed by atoms with Crippen molar-refractivity contribution >= 4 is 23.2 Å². The molecule has 7 heteroatoms. The Morgan fingerprint density at radius 3 is 3.07 bits per heavy atom. The number of nitrogens with zero attached hydrogens (tertiary/aromatic N) is 4. The van der Waals surface area contributed by atoms with Crippen molar-refractivity contribution in [2.45, 2.75) is 26.3 Å². The Bertz CT molecular complexity index is 1040. The van der Waals surface area contributed by atoms with Crippen LogP contribution >= 0.6 is 11.6 Å². The summed E-state index contributed by atoms with van der Waals surface area (Å²) >= 11 is 6.48. The molecular weight excluding hydrogens is 374 g/mol. The smallest absolute Gasteiger partial charge is 0.254 e. The Balaban J connectivity index is 1.50. The third-order valence-corrected chi connectivity index (χ3v) is 5.23. The van der Waals surface area contributed by atoms with Gasteiger partial charge in [-0.3, -0.25) is 0 Å². The molecule has 0 amide bonds. The van der Waals surface area contributed by atoms with Crippen molar-refractivity contribution in [1.29, 1.82) is 0 Å². The lowest BCUT2D eigenvalue weighted by Crippen LogP contribution is -2.13. The quantitative estimate of drug-likeness (QED) is 0.651. The molecule has 1 aromatic carbocycles. The van der Waals surface area contributed by atoms with Crippen LogP contribution in [0.4, 0.5) is 5.82 Å². The summed E-state index contributed by atoms with van der Waals surface area (Å²) in [5, 5.41) is 8.20. The van der Waals surface area contributed by atoms with Crippen molar-refractivity contribution < 1.29 is 4.74 Å². The van der Waals surface area contributed by atoms with Gasteiger partial charge in [0.1, 0.15) is 17.1 Å². The topological polar surface area (TPSA) is 64.3 Å². The summed E-state index contributed by atoms with van der Waals surface area (Å²) in [6, 6.07) is 8.10. The average molecular weight is 396 g/mol. The predicted octanol–water partition coefficient (Wildman–Crippen LogP) is 4.77. The van der Waals surface area contributed by atoms with Gasteiger partial charge in [-0.15, -0.1) is 0 Å². The van der Waals surface area contributed by atoms with Crippen LogP contribution in [0.1, 0.15) is 30.6 Å². The second-order valence-electron chi connectivity index (χ2n) is 6.89. The molecule has 0 aliphatic heterocycles. The highest BCUT2D eigenvalue weighted by atomic mass is 35.5. The van der Waals surface area contributed by atoms with E-state index in [4.69, 9.17) is 16.3 Å². The maximum absolute atomic E-state index is 6.48. The van der Waals surface area contributed by atoms with Gasteiger partial charge >= 0.3 is 0 Å². The van der Waals surface area contributed by atoms with Crippen molar-refractivity contribution in [3.63, 3.8) is 0 Å². The molecule has 3 aromatic rings. The predicted molar refractivity (Wildman–Crippen MR) is 111 cm³/mol. The highest BCUT2D eigenvalue weighted by Crippen LogP contribution is 2.29. The zero-order chi connectivity index (χ0) is 19.5. The lowest BCUT2D eigenvalue weighted by atomic mass is 10.0. The van der Waals surface area contributed by atoms with E-state index < -0.39 is 0 Å². The van der Waals surface area contributed by atoms with Crippen LogP contribution in [0, 0.1) is 12.8 Å². The SMILES string of the molecule is Cc1nc2ncnn2c(N[C@@H](C)c2cccc(OCC3C=CC=CC3)c2)c1Cl. The fraction of sp³-hybridized carbons (Fsp3) is 0.286. The number of aromatic nitrogens is 4. The second-order valence-corrected chi connectivity index (χ2v) is 7.27. The van der Waals surface area contributed by atoms with Gasteiger partial charge in [0.05, 0.1) is 18.3 Å². The molecular formula is C21H22ClN5O. The lowest BCUT2D eigenvalue weighted by molar-refractivity contribution is 0.275. The van der Waals surface area contributed by atoms with Gasteiger partial charge < -0.3 is 10.1 Å². The third kappa shape index (κ3) is 3.87. The maximum Gasteiger partial charge on any atom is 0.254 e. The Hall–Kier alpha value is -2.86. The minimum atomic E-state index is -0.00670.